The summed E-state index contributed by atoms with van der Waals surface area (Å²) < 4.78 is 38.1. The third-order valence-electron chi connectivity index (χ3n) is 4.91. The third kappa shape index (κ3) is 4.68. The zero-order chi connectivity index (χ0) is 24.1. The molecule has 0 bridgehead atoms. The van der Waals surface area contributed by atoms with Crippen LogP contribution in [0.3, 0.4) is 0 Å². The number of nitrogens with one attached hydrogen (secondary N) is 2. The van der Waals surface area contributed by atoms with E-state index in [9.17, 15) is 10.2 Å². The fraction of sp³-hybridized carbons (Fsp3) is 0.250. The number of aliphatic hydroxyl groups is 1. The number of aromatic amines is 1. The maximum absolute atomic E-state index is 10.3. The summed E-state index contributed by atoms with van der Waals surface area (Å²) in [6.07, 6.45) is -0.778. The van der Waals surface area contributed by atoms with E-state index in [2.05, 4.69) is 10.3 Å². The van der Waals surface area contributed by atoms with E-state index in [1.807, 2.05) is 24.3 Å². The molecule has 4 rings (SSSR count). The zero-order valence-electron chi connectivity index (χ0n) is 19.8. The van der Waals surface area contributed by atoms with Crippen LogP contribution in [0.2, 0.25) is 0 Å². The van der Waals surface area contributed by atoms with Gasteiger partial charge in [0.25, 0.3) is 0 Å². The first-order chi connectivity index (χ1) is 16.3. The van der Waals surface area contributed by atoms with Crippen LogP contribution in [0, 0.1) is 0 Å². The lowest BCUT2D eigenvalue weighted by Crippen LogP contribution is -2.33. The number of phenolic OH excluding ortho intramolecular Hbond substituents is 1. The summed E-state index contributed by atoms with van der Waals surface area (Å²) in [4.78, 5) is 3.19. The third-order valence-corrected chi connectivity index (χ3v) is 4.91. The summed E-state index contributed by atoms with van der Waals surface area (Å²) in [5.41, 5.74) is 1.48. The number of aromatic nitrogens is 1. The Labute approximate surface area is 184 Å². The van der Waals surface area contributed by atoms with Gasteiger partial charge in [-0.05, 0) is 30.3 Å². The van der Waals surface area contributed by atoms with Gasteiger partial charge < -0.3 is 34.7 Å². The van der Waals surface area contributed by atoms with Crippen molar-refractivity contribution in [2.24, 2.45) is 0 Å². The van der Waals surface area contributed by atoms with Gasteiger partial charge in [0.1, 0.15) is 30.8 Å². The van der Waals surface area contributed by atoms with E-state index in [0.29, 0.717) is 23.6 Å². The van der Waals surface area contributed by atoms with Crippen molar-refractivity contribution in [3.8, 4) is 23.0 Å². The lowest BCUT2D eigenvalue weighted by molar-refractivity contribution is 0.106. The van der Waals surface area contributed by atoms with Crippen LogP contribution in [-0.4, -0.2) is 54.6 Å². The Morgan fingerprint density at radius 1 is 1.00 bits per heavy atom. The predicted molar refractivity (Wildman–Crippen MR) is 120 cm³/mol. The molecular weight excluding hydrogens is 396 g/mol. The van der Waals surface area contributed by atoms with Gasteiger partial charge in [0.2, 0.25) is 0 Å². The van der Waals surface area contributed by atoms with Crippen LogP contribution in [0.5, 0.6) is 23.0 Å². The van der Waals surface area contributed by atoms with Crippen molar-refractivity contribution < 1.29 is 28.5 Å². The van der Waals surface area contributed by atoms with Gasteiger partial charge in [-0.3, -0.25) is 0 Å². The van der Waals surface area contributed by atoms with Crippen molar-refractivity contribution in [1.29, 1.82) is 0 Å². The minimum atomic E-state index is -2.56. The summed E-state index contributed by atoms with van der Waals surface area (Å²) in [5, 5.41) is 25.3. The van der Waals surface area contributed by atoms with Gasteiger partial charge in [0.05, 0.1) is 22.1 Å². The average Bonchev–Trinajstić information content (AvgIpc) is 3.19. The van der Waals surface area contributed by atoms with Crippen LogP contribution < -0.4 is 19.5 Å². The standard InChI is InChI=1S/C24H26N2O5/c1-29-20-8-4-5-9-21(20)30-13-12-25-14-16(27)15-31-22-11-10-19(28)24-23(22)17-6-2-3-7-18(17)26-24/h2-11,16,25-28H,12-15H2,1H3/i1D3. The molecule has 0 saturated heterocycles. The number of hydrogen-bond donors (Lipinski definition) is 4. The molecule has 7 heteroatoms. The Balaban J connectivity index is 1.27. The quantitative estimate of drug-likeness (QED) is 0.291. The number of methoxy groups -OCH3 is 1. The Morgan fingerprint density at radius 3 is 2.68 bits per heavy atom. The molecule has 0 saturated carbocycles. The molecule has 0 aliphatic heterocycles. The lowest BCUT2D eigenvalue weighted by atomic mass is 10.1. The minimum Gasteiger partial charge on any atom is -0.506 e. The number of aromatic hydroxyl groups is 1. The van der Waals surface area contributed by atoms with Gasteiger partial charge >= 0.3 is 0 Å². The van der Waals surface area contributed by atoms with Gasteiger partial charge in [-0.2, -0.15) is 0 Å². The summed E-state index contributed by atoms with van der Waals surface area (Å²) >= 11 is 0. The smallest absolute Gasteiger partial charge is 0.161 e. The van der Waals surface area contributed by atoms with E-state index in [1.165, 1.54) is 6.07 Å². The van der Waals surface area contributed by atoms with Crippen LogP contribution in [0.15, 0.2) is 60.7 Å². The van der Waals surface area contributed by atoms with Crippen LogP contribution in [-0.2, 0) is 0 Å². The van der Waals surface area contributed by atoms with Crippen molar-refractivity contribution in [3.63, 3.8) is 0 Å². The maximum Gasteiger partial charge on any atom is 0.161 e. The molecule has 0 aliphatic rings. The molecule has 0 radical (unpaired) electrons. The Bertz CT molecular complexity index is 1260. The van der Waals surface area contributed by atoms with Crippen molar-refractivity contribution in [2.45, 2.75) is 6.10 Å². The average molecular weight is 425 g/mol. The van der Waals surface area contributed by atoms with Crippen LogP contribution >= 0.6 is 0 Å². The van der Waals surface area contributed by atoms with Gasteiger partial charge in [0.15, 0.2) is 11.5 Å². The van der Waals surface area contributed by atoms with E-state index in [1.54, 1.807) is 30.3 Å². The molecule has 0 amide bonds. The Kier molecular flexibility index (Phi) is 5.35. The predicted octanol–water partition coefficient (Wildman–Crippen LogP) is 3.44. The van der Waals surface area contributed by atoms with Crippen molar-refractivity contribution >= 4 is 21.8 Å². The molecule has 0 fully saturated rings. The normalized spacial score (nSPS) is 14.0. The zero-order valence-corrected chi connectivity index (χ0v) is 16.8. The molecule has 1 heterocycles. The van der Waals surface area contributed by atoms with Crippen molar-refractivity contribution in [2.75, 3.05) is 33.3 Å². The number of para-hydroxylation sites is 3. The van der Waals surface area contributed by atoms with Crippen LogP contribution in [0.1, 0.15) is 4.11 Å². The first-order valence-electron chi connectivity index (χ1n) is 11.5. The van der Waals surface area contributed by atoms with Crippen LogP contribution in [0.4, 0.5) is 0 Å². The first kappa shape index (κ1) is 17.3. The van der Waals surface area contributed by atoms with E-state index >= 15 is 0 Å². The van der Waals surface area contributed by atoms with Gasteiger partial charge in [-0.1, -0.05) is 30.3 Å². The monoisotopic (exact) mass is 425 g/mol. The lowest BCUT2D eigenvalue weighted by Gasteiger charge is -2.15. The van der Waals surface area contributed by atoms with E-state index in [-0.39, 0.29) is 31.3 Å². The fourth-order valence-corrected chi connectivity index (χ4v) is 3.43. The van der Waals surface area contributed by atoms with Gasteiger partial charge in [-0.15, -0.1) is 0 Å². The number of H-pyrrole nitrogens is 1. The Hall–Kier alpha value is -3.42. The summed E-state index contributed by atoms with van der Waals surface area (Å²) in [6.45, 7) is 1.00. The highest BCUT2D eigenvalue weighted by molar-refractivity contribution is 6.12. The topological polar surface area (TPSA) is 96.0 Å². The largest absolute Gasteiger partial charge is 0.506 e. The highest BCUT2D eigenvalue weighted by Crippen LogP contribution is 2.37. The molecule has 7 nitrogen and oxygen atoms in total. The second-order valence-electron chi connectivity index (χ2n) is 7.07. The van der Waals surface area contributed by atoms with E-state index in [4.69, 9.17) is 18.3 Å². The fourth-order valence-electron chi connectivity index (χ4n) is 3.43. The number of aliphatic hydroxyl groups excluding tert-OH is 1. The molecule has 4 aromatic rings. The Morgan fingerprint density at radius 2 is 1.81 bits per heavy atom. The number of benzene rings is 3. The molecular formula is C24H26N2O5. The highest BCUT2D eigenvalue weighted by Gasteiger charge is 2.14. The summed E-state index contributed by atoms with van der Waals surface area (Å²) in [7, 11) is -2.56. The van der Waals surface area contributed by atoms with E-state index in [0.717, 1.165) is 16.3 Å². The molecule has 1 aromatic heterocycles. The van der Waals surface area contributed by atoms with E-state index < -0.39 is 13.1 Å². The SMILES string of the molecule is [2H]C([2H])([2H])Oc1ccccc1OCCNCC(O)COc1ccc(O)c2[nH]c3ccccc3c12. The molecule has 1 atom stereocenters. The van der Waals surface area contributed by atoms with Crippen molar-refractivity contribution in [3.05, 3.63) is 60.7 Å². The molecule has 3 aromatic carbocycles. The van der Waals surface area contributed by atoms with Crippen LogP contribution in [0.25, 0.3) is 21.8 Å². The number of phenols is 1. The number of ether oxygens (including phenoxy) is 3. The molecule has 4 N–H and O–H groups in total. The molecule has 31 heavy (non-hydrogen) atoms. The second-order valence-corrected chi connectivity index (χ2v) is 7.07. The molecule has 0 spiro atoms. The summed E-state index contributed by atoms with van der Waals surface area (Å²) in [6, 6.07) is 17.5. The second kappa shape index (κ2) is 9.59. The van der Waals surface area contributed by atoms with Gasteiger partial charge in [-0.25, -0.2) is 0 Å². The number of fused-ring (bicyclic) bond motifs is 3. The molecule has 1 unspecified atom stereocenters. The van der Waals surface area contributed by atoms with Crippen molar-refractivity contribution in [1.82, 2.24) is 10.3 Å². The first-order valence-corrected chi connectivity index (χ1v) is 9.96. The molecule has 0 aliphatic carbocycles. The minimum absolute atomic E-state index is 0.0580. The molecule has 162 valence electrons. The maximum atomic E-state index is 10.3. The highest BCUT2D eigenvalue weighted by atomic mass is 16.5. The number of rotatable bonds is 10. The number of hydrogen-bond acceptors (Lipinski definition) is 6. The summed E-state index contributed by atoms with van der Waals surface area (Å²) in [5.74, 6) is 1.18. The van der Waals surface area contributed by atoms with Gasteiger partial charge in [0, 0.05) is 24.0 Å².